The Labute approximate surface area is 105 Å². The van der Waals surface area contributed by atoms with Crippen LogP contribution in [0.1, 0.15) is 15.9 Å². The summed E-state index contributed by atoms with van der Waals surface area (Å²) < 4.78 is 4.59. The number of methoxy groups -OCH3 is 1. The number of carbonyl (C=O) groups excluding carboxylic acids is 1. The number of aromatic nitrogens is 2. The molecule has 5 nitrogen and oxygen atoms in total. The number of esters is 1. The van der Waals surface area contributed by atoms with E-state index in [0.29, 0.717) is 5.82 Å². The third-order valence-corrected chi connectivity index (χ3v) is 2.61. The Balaban J connectivity index is 2.47. The van der Waals surface area contributed by atoms with Gasteiger partial charge in [-0.2, -0.15) is 0 Å². The van der Waals surface area contributed by atoms with Crippen molar-refractivity contribution in [2.75, 3.05) is 12.8 Å². The zero-order chi connectivity index (χ0) is 13.1. The zero-order valence-corrected chi connectivity index (χ0v) is 10.2. The number of nitrogens with two attached hydrogens (primary N) is 1. The van der Waals surface area contributed by atoms with Crippen molar-refractivity contribution in [1.82, 2.24) is 9.97 Å². The summed E-state index contributed by atoms with van der Waals surface area (Å²) in [6.45, 7) is 1.96. The van der Waals surface area contributed by atoms with Crippen molar-refractivity contribution in [2.24, 2.45) is 0 Å². The molecule has 0 radical (unpaired) electrons. The predicted molar refractivity (Wildman–Crippen MR) is 68.0 cm³/mol. The number of carbonyl (C=O) groups is 1. The number of benzene rings is 1. The molecule has 2 N–H and O–H groups in total. The SMILES string of the molecule is COC(=O)c1cnc(-c2ccccc2C)nc1N. The molecule has 18 heavy (non-hydrogen) atoms. The number of anilines is 1. The molecule has 2 rings (SSSR count). The first kappa shape index (κ1) is 12.0. The molecule has 2 aromatic rings. The molecule has 0 fully saturated rings. The van der Waals surface area contributed by atoms with Gasteiger partial charge in [0.05, 0.1) is 7.11 Å². The van der Waals surface area contributed by atoms with Crippen LogP contribution < -0.4 is 5.73 Å². The van der Waals surface area contributed by atoms with E-state index in [0.717, 1.165) is 11.1 Å². The second kappa shape index (κ2) is 4.83. The van der Waals surface area contributed by atoms with Crippen LogP contribution in [0.3, 0.4) is 0 Å². The van der Waals surface area contributed by atoms with E-state index < -0.39 is 5.97 Å². The van der Waals surface area contributed by atoms with E-state index in [1.165, 1.54) is 13.3 Å². The molecule has 92 valence electrons. The van der Waals surface area contributed by atoms with Crippen LogP contribution in [0.15, 0.2) is 30.5 Å². The topological polar surface area (TPSA) is 78.1 Å². The molecule has 1 aromatic heterocycles. The van der Waals surface area contributed by atoms with Crippen LogP contribution >= 0.6 is 0 Å². The molecular weight excluding hydrogens is 230 g/mol. The zero-order valence-electron chi connectivity index (χ0n) is 10.2. The average molecular weight is 243 g/mol. The molecule has 0 spiro atoms. The van der Waals surface area contributed by atoms with E-state index in [4.69, 9.17) is 5.73 Å². The summed E-state index contributed by atoms with van der Waals surface area (Å²) in [7, 11) is 1.29. The lowest BCUT2D eigenvalue weighted by Gasteiger charge is -2.07. The lowest BCUT2D eigenvalue weighted by Crippen LogP contribution is -2.09. The molecule has 0 unspecified atom stereocenters. The van der Waals surface area contributed by atoms with Crippen LogP contribution in [0.25, 0.3) is 11.4 Å². The molecule has 0 bridgehead atoms. The number of rotatable bonds is 2. The van der Waals surface area contributed by atoms with Gasteiger partial charge >= 0.3 is 5.97 Å². The van der Waals surface area contributed by atoms with Crippen molar-refractivity contribution in [2.45, 2.75) is 6.92 Å². The van der Waals surface area contributed by atoms with E-state index >= 15 is 0 Å². The minimum Gasteiger partial charge on any atom is -0.465 e. The quantitative estimate of drug-likeness (QED) is 0.814. The molecule has 1 heterocycles. The molecule has 0 aliphatic carbocycles. The summed E-state index contributed by atoms with van der Waals surface area (Å²) in [5, 5.41) is 0. The minimum absolute atomic E-state index is 0.120. The van der Waals surface area contributed by atoms with E-state index in [-0.39, 0.29) is 11.4 Å². The second-order valence-corrected chi connectivity index (χ2v) is 3.80. The van der Waals surface area contributed by atoms with Crippen molar-refractivity contribution < 1.29 is 9.53 Å². The van der Waals surface area contributed by atoms with Crippen LogP contribution in [0, 0.1) is 6.92 Å². The smallest absolute Gasteiger partial charge is 0.343 e. The van der Waals surface area contributed by atoms with Gasteiger partial charge in [-0.1, -0.05) is 24.3 Å². The van der Waals surface area contributed by atoms with Crippen LogP contribution in [0.2, 0.25) is 0 Å². The fraction of sp³-hybridized carbons (Fsp3) is 0.154. The number of hydrogen-bond donors (Lipinski definition) is 1. The van der Waals surface area contributed by atoms with Gasteiger partial charge in [0.15, 0.2) is 5.82 Å². The van der Waals surface area contributed by atoms with E-state index in [1.807, 2.05) is 31.2 Å². The Hall–Kier alpha value is -2.43. The first-order chi connectivity index (χ1) is 8.63. The van der Waals surface area contributed by atoms with Gasteiger partial charge in [-0.05, 0) is 12.5 Å². The maximum absolute atomic E-state index is 11.4. The third kappa shape index (κ3) is 2.15. The number of ether oxygens (including phenoxy) is 1. The standard InChI is InChI=1S/C13H13N3O2/c1-8-5-3-4-6-9(8)12-15-7-10(11(14)16-12)13(17)18-2/h3-7H,1-2H3,(H2,14,15,16). The van der Waals surface area contributed by atoms with Crippen molar-refractivity contribution >= 4 is 11.8 Å². The van der Waals surface area contributed by atoms with Gasteiger partial charge in [-0.3, -0.25) is 0 Å². The van der Waals surface area contributed by atoms with E-state index in [9.17, 15) is 4.79 Å². The van der Waals surface area contributed by atoms with Gasteiger partial charge in [0.25, 0.3) is 0 Å². The Kier molecular flexibility index (Phi) is 3.23. The lowest BCUT2D eigenvalue weighted by molar-refractivity contribution is 0.0601. The Morgan fingerprint density at radius 1 is 1.33 bits per heavy atom. The van der Waals surface area contributed by atoms with E-state index in [1.54, 1.807) is 0 Å². The number of aryl methyl sites for hydroxylation is 1. The first-order valence-electron chi connectivity index (χ1n) is 5.40. The highest BCUT2D eigenvalue weighted by molar-refractivity contribution is 5.93. The summed E-state index contributed by atoms with van der Waals surface area (Å²) in [6, 6.07) is 7.70. The average Bonchev–Trinajstić information content (AvgIpc) is 2.38. The van der Waals surface area contributed by atoms with Crippen LogP contribution in [-0.2, 0) is 4.74 Å². The highest BCUT2D eigenvalue weighted by atomic mass is 16.5. The highest BCUT2D eigenvalue weighted by Gasteiger charge is 2.14. The predicted octanol–water partition coefficient (Wildman–Crippen LogP) is 1.82. The van der Waals surface area contributed by atoms with E-state index in [2.05, 4.69) is 14.7 Å². The summed E-state index contributed by atoms with van der Waals surface area (Å²) in [6.07, 6.45) is 1.38. The minimum atomic E-state index is -0.538. The molecule has 0 aliphatic rings. The molecule has 0 amide bonds. The van der Waals surface area contributed by atoms with Gasteiger partial charge in [0.1, 0.15) is 11.4 Å². The molecule has 0 saturated carbocycles. The third-order valence-electron chi connectivity index (χ3n) is 2.61. The van der Waals surface area contributed by atoms with Crippen LogP contribution in [-0.4, -0.2) is 23.0 Å². The fourth-order valence-corrected chi connectivity index (χ4v) is 1.62. The molecule has 5 heteroatoms. The Morgan fingerprint density at radius 3 is 2.67 bits per heavy atom. The second-order valence-electron chi connectivity index (χ2n) is 3.80. The van der Waals surface area contributed by atoms with Gasteiger partial charge in [-0.15, -0.1) is 0 Å². The Morgan fingerprint density at radius 2 is 2.06 bits per heavy atom. The van der Waals surface area contributed by atoms with Crippen molar-refractivity contribution in [3.8, 4) is 11.4 Å². The molecular formula is C13H13N3O2. The maximum atomic E-state index is 11.4. The largest absolute Gasteiger partial charge is 0.465 e. The normalized spacial score (nSPS) is 10.1. The molecule has 1 aromatic carbocycles. The van der Waals surface area contributed by atoms with Gasteiger partial charge in [-0.25, -0.2) is 14.8 Å². The Bertz CT molecular complexity index is 597. The molecule has 0 atom stereocenters. The summed E-state index contributed by atoms with van der Waals surface area (Å²) >= 11 is 0. The van der Waals surface area contributed by atoms with Crippen molar-refractivity contribution in [1.29, 1.82) is 0 Å². The summed E-state index contributed by atoms with van der Waals surface area (Å²) in [4.78, 5) is 19.7. The van der Waals surface area contributed by atoms with Crippen molar-refractivity contribution in [3.05, 3.63) is 41.6 Å². The van der Waals surface area contributed by atoms with Gasteiger partial charge in [0, 0.05) is 11.8 Å². The number of nitrogens with zero attached hydrogens (tertiary/aromatic N) is 2. The number of hydrogen-bond acceptors (Lipinski definition) is 5. The molecule has 0 saturated heterocycles. The highest BCUT2D eigenvalue weighted by Crippen LogP contribution is 2.21. The van der Waals surface area contributed by atoms with Crippen LogP contribution in [0.4, 0.5) is 5.82 Å². The monoisotopic (exact) mass is 243 g/mol. The van der Waals surface area contributed by atoms with Crippen molar-refractivity contribution in [3.63, 3.8) is 0 Å². The maximum Gasteiger partial charge on any atom is 0.343 e. The molecule has 0 aliphatic heterocycles. The number of nitrogen functional groups attached to an aromatic ring is 1. The van der Waals surface area contributed by atoms with Crippen LogP contribution in [0.5, 0.6) is 0 Å². The van der Waals surface area contributed by atoms with Gasteiger partial charge < -0.3 is 10.5 Å². The summed E-state index contributed by atoms with van der Waals surface area (Å²) in [5.74, 6) is 0.0807. The van der Waals surface area contributed by atoms with Gasteiger partial charge in [0.2, 0.25) is 0 Å². The lowest BCUT2D eigenvalue weighted by atomic mass is 10.1. The summed E-state index contributed by atoms with van der Waals surface area (Å²) in [5.41, 5.74) is 7.84. The fourth-order valence-electron chi connectivity index (χ4n) is 1.62. The first-order valence-corrected chi connectivity index (χ1v) is 5.40.